The van der Waals surface area contributed by atoms with E-state index in [-0.39, 0.29) is 0 Å². The predicted molar refractivity (Wildman–Crippen MR) is 60.5 cm³/mol. The van der Waals surface area contributed by atoms with E-state index >= 15 is 0 Å². The van der Waals surface area contributed by atoms with E-state index < -0.39 is 16.1 Å². The average Bonchev–Trinajstić information content (AvgIpc) is 2.27. The minimum absolute atomic E-state index is 0.332. The Morgan fingerprint density at radius 1 is 1.35 bits per heavy atom. The van der Waals surface area contributed by atoms with E-state index in [9.17, 15) is 13.2 Å². The second-order valence-electron chi connectivity index (χ2n) is 3.09. The van der Waals surface area contributed by atoms with Crippen molar-refractivity contribution in [1.29, 1.82) is 0 Å². The second kappa shape index (κ2) is 5.62. The van der Waals surface area contributed by atoms with Crippen LogP contribution >= 0.6 is 0 Å². The van der Waals surface area contributed by atoms with Crippen molar-refractivity contribution in [3.63, 3.8) is 0 Å². The van der Waals surface area contributed by atoms with Crippen molar-refractivity contribution in [2.45, 2.75) is 0 Å². The summed E-state index contributed by atoms with van der Waals surface area (Å²) in [6.07, 6.45) is 0.895. The Morgan fingerprint density at radius 3 is 2.65 bits per heavy atom. The number of nitrogens with one attached hydrogen (secondary N) is 2. The quantitative estimate of drug-likeness (QED) is 0.580. The van der Waals surface area contributed by atoms with Gasteiger partial charge in [0.25, 0.3) is 10.1 Å². The van der Waals surface area contributed by atoms with Crippen molar-refractivity contribution < 1.29 is 22.2 Å². The first-order chi connectivity index (χ1) is 7.92. The lowest BCUT2D eigenvalue weighted by molar-refractivity contribution is 0.0600. The predicted octanol–water partition coefficient (Wildman–Crippen LogP) is 0.281. The van der Waals surface area contributed by atoms with Gasteiger partial charge < -0.3 is 4.74 Å². The van der Waals surface area contributed by atoms with E-state index in [2.05, 4.69) is 14.4 Å². The molecule has 1 aromatic rings. The maximum absolute atomic E-state index is 11.2. The number of rotatable bonds is 5. The van der Waals surface area contributed by atoms with Gasteiger partial charge in [-0.25, -0.2) is 4.79 Å². The number of benzene rings is 1. The zero-order chi connectivity index (χ0) is 12.9. The van der Waals surface area contributed by atoms with Gasteiger partial charge in [-0.05, 0) is 18.2 Å². The van der Waals surface area contributed by atoms with Crippen molar-refractivity contribution in [3.05, 3.63) is 29.8 Å². The van der Waals surface area contributed by atoms with E-state index in [0.717, 1.165) is 6.26 Å². The molecule has 94 valence electrons. The molecule has 0 heterocycles. The molecule has 17 heavy (non-hydrogen) atoms. The number of carbonyl (C=O) groups is 1. The maximum Gasteiger partial charge on any atom is 0.337 e. The number of ether oxygens (including phenoxy) is 1. The van der Waals surface area contributed by atoms with E-state index in [4.69, 9.17) is 0 Å². The summed E-state index contributed by atoms with van der Waals surface area (Å²) in [6.45, 7) is 0. The number of hydrazine groups is 1. The molecule has 0 unspecified atom stereocenters. The lowest BCUT2D eigenvalue weighted by Gasteiger charge is -2.07. The highest BCUT2D eigenvalue weighted by molar-refractivity contribution is 7.85. The average molecular weight is 260 g/mol. The fourth-order valence-corrected chi connectivity index (χ4v) is 1.19. The molecule has 0 bridgehead atoms. The van der Waals surface area contributed by atoms with Crippen LogP contribution in [0.25, 0.3) is 0 Å². The number of hydrogen-bond acceptors (Lipinski definition) is 7. The van der Waals surface area contributed by atoms with Gasteiger partial charge >= 0.3 is 5.97 Å². The van der Waals surface area contributed by atoms with Crippen LogP contribution in [0.4, 0.5) is 5.69 Å². The molecule has 0 aliphatic heterocycles. The van der Waals surface area contributed by atoms with Crippen molar-refractivity contribution in [3.8, 4) is 0 Å². The summed E-state index contributed by atoms with van der Waals surface area (Å²) >= 11 is 0. The van der Waals surface area contributed by atoms with Gasteiger partial charge in [-0.3, -0.25) is 5.43 Å². The maximum atomic E-state index is 11.2. The Bertz CT molecular complexity index is 500. The second-order valence-corrected chi connectivity index (χ2v) is 4.66. The van der Waals surface area contributed by atoms with Crippen LogP contribution in [0.5, 0.6) is 0 Å². The first-order valence-electron chi connectivity index (χ1n) is 4.50. The highest BCUT2D eigenvalue weighted by Gasteiger charge is 2.06. The fourth-order valence-electron chi connectivity index (χ4n) is 0.997. The normalized spacial score (nSPS) is 10.9. The zero-order valence-electron chi connectivity index (χ0n) is 9.26. The highest BCUT2D eigenvalue weighted by Crippen LogP contribution is 2.10. The Labute approximate surface area is 98.8 Å². The molecule has 0 saturated carbocycles. The molecular weight excluding hydrogens is 248 g/mol. The van der Waals surface area contributed by atoms with Crippen LogP contribution in [0.15, 0.2) is 24.3 Å². The molecule has 0 saturated heterocycles. The van der Waals surface area contributed by atoms with Gasteiger partial charge in [-0.1, -0.05) is 11.7 Å². The third-order valence-electron chi connectivity index (χ3n) is 1.67. The largest absolute Gasteiger partial charge is 0.465 e. The first kappa shape index (κ1) is 13.4. The summed E-state index contributed by atoms with van der Waals surface area (Å²) in [5.41, 5.74) is 5.28. The minimum atomic E-state index is -3.59. The van der Waals surface area contributed by atoms with Crippen molar-refractivity contribution >= 4 is 21.8 Å². The summed E-state index contributed by atoms with van der Waals surface area (Å²) < 4.78 is 30.1. The van der Waals surface area contributed by atoms with E-state index in [1.807, 2.05) is 5.59 Å². The molecule has 0 spiro atoms. The number of carbonyl (C=O) groups excluding carboxylic acids is 1. The SMILES string of the molecule is COC(=O)c1cccc(NNOS(C)(=O)=O)c1. The Kier molecular flexibility index (Phi) is 4.44. The van der Waals surface area contributed by atoms with Crippen molar-refractivity contribution in [2.24, 2.45) is 0 Å². The number of esters is 1. The highest BCUT2D eigenvalue weighted by atomic mass is 32.2. The molecule has 0 radical (unpaired) electrons. The van der Waals surface area contributed by atoms with Crippen molar-refractivity contribution in [1.82, 2.24) is 5.59 Å². The summed E-state index contributed by atoms with van der Waals surface area (Å²) in [5, 5.41) is 0. The number of methoxy groups -OCH3 is 1. The molecule has 1 rings (SSSR count). The van der Waals surface area contributed by atoms with Gasteiger partial charge in [0.2, 0.25) is 0 Å². The van der Waals surface area contributed by atoms with Crippen LogP contribution in [0, 0.1) is 0 Å². The molecule has 0 aromatic heterocycles. The van der Waals surface area contributed by atoms with Gasteiger partial charge in [0.05, 0.1) is 24.6 Å². The van der Waals surface area contributed by atoms with Gasteiger partial charge in [-0.15, -0.1) is 0 Å². The van der Waals surface area contributed by atoms with Gasteiger partial charge in [0.1, 0.15) is 0 Å². The van der Waals surface area contributed by atoms with Crippen molar-refractivity contribution in [2.75, 3.05) is 18.8 Å². The van der Waals surface area contributed by atoms with Crippen LogP contribution in [-0.2, 0) is 19.1 Å². The molecule has 0 fully saturated rings. The van der Waals surface area contributed by atoms with E-state index in [0.29, 0.717) is 11.3 Å². The summed E-state index contributed by atoms with van der Waals surface area (Å²) in [5.74, 6) is -0.488. The summed E-state index contributed by atoms with van der Waals surface area (Å²) in [7, 11) is -2.32. The van der Waals surface area contributed by atoms with Gasteiger partial charge in [0, 0.05) is 0 Å². The third-order valence-corrected chi connectivity index (χ3v) is 2.06. The van der Waals surface area contributed by atoms with Crippen LogP contribution < -0.4 is 11.0 Å². The zero-order valence-corrected chi connectivity index (χ0v) is 10.1. The molecule has 0 atom stereocenters. The minimum Gasteiger partial charge on any atom is -0.465 e. The molecule has 0 amide bonds. The molecule has 2 N–H and O–H groups in total. The molecule has 1 aromatic carbocycles. The topological polar surface area (TPSA) is 93.7 Å². The first-order valence-corrected chi connectivity index (χ1v) is 6.32. The molecule has 8 heteroatoms. The van der Waals surface area contributed by atoms with Crippen LogP contribution in [-0.4, -0.2) is 27.8 Å². The lowest BCUT2D eigenvalue weighted by Crippen LogP contribution is -2.25. The summed E-state index contributed by atoms with van der Waals surface area (Å²) in [4.78, 5) is 11.2. The Morgan fingerprint density at radius 2 is 2.06 bits per heavy atom. The standard InChI is InChI=1S/C9H12N2O5S/c1-15-9(12)7-4-3-5-8(6-7)10-11-16-17(2,13)14/h3-6,10-11H,1-2H3. The Hall–Kier alpha value is -1.64. The van der Waals surface area contributed by atoms with Gasteiger partial charge in [0.15, 0.2) is 0 Å². The van der Waals surface area contributed by atoms with E-state index in [1.54, 1.807) is 18.2 Å². The number of anilines is 1. The van der Waals surface area contributed by atoms with Crippen LogP contribution in [0.3, 0.4) is 0 Å². The van der Waals surface area contributed by atoms with E-state index in [1.165, 1.54) is 13.2 Å². The molecule has 0 aliphatic carbocycles. The molecular formula is C9H12N2O5S. The van der Waals surface area contributed by atoms with Crippen LogP contribution in [0.1, 0.15) is 10.4 Å². The summed E-state index contributed by atoms with van der Waals surface area (Å²) in [6, 6.07) is 6.26. The molecule has 7 nitrogen and oxygen atoms in total. The van der Waals surface area contributed by atoms with Crippen LogP contribution in [0.2, 0.25) is 0 Å². The van der Waals surface area contributed by atoms with Gasteiger partial charge in [-0.2, -0.15) is 12.7 Å². The number of hydrogen-bond donors (Lipinski definition) is 2. The monoisotopic (exact) mass is 260 g/mol. The fraction of sp³-hybridized carbons (Fsp3) is 0.222. The molecule has 0 aliphatic rings. The third kappa shape index (κ3) is 4.81. The Balaban J connectivity index is 2.63. The smallest absolute Gasteiger partial charge is 0.337 e. The lowest BCUT2D eigenvalue weighted by atomic mass is 10.2.